The van der Waals surface area contributed by atoms with E-state index in [0.717, 1.165) is 4.90 Å². The Hall–Kier alpha value is -3.50. The molecule has 0 aromatic heterocycles. The normalized spacial score (nSPS) is 27.6. The number of benzene rings is 1. The topological polar surface area (TPSA) is 197 Å². The van der Waals surface area contributed by atoms with Crippen molar-refractivity contribution in [2.45, 2.75) is 99.9 Å². The average molecular weight is 729 g/mol. The van der Waals surface area contributed by atoms with Gasteiger partial charge in [0.2, 0.25) is 5.91 Å². The lowest BCUT2D eigenvalue weighted by atomic mass is 10.0. The number of carbonyl (C=O) groups excluding carboxylic acids is 3. The molecular weight excluding hydrogens is 690 g/mol. The predicted molar refractivity (Wildman–Crippen MR) is 165 cm³/mol. The number of carbonyl (C=O) groups is 5. The van der Waals surface area contributed by atoms with Crippen molar-refractivity contribution in [2.75, 3.05) is 6.54 Å². The van der Waals surface area contributed by atoms with E-state index in [1.807, 2.05) is 0 Å². The number of fused-ring (bicyclic) bond motifs is 2. The van der Waals surface area contributed by atoms with Crippen LogP contribution in [0.25, 0.3) is 0 Å². The Kier molecular flexibility index (Phi) is 10.5. The van der Waals surface area contributed by atoms with E-state index in [1.54, 1.807) is 32.9 Å². The van der Waals surface area contributed by atoms with E-state index in [1.165, 1.54) is 24.3 Å². The van der Waals surface area contributed by atoms with Gasteiger partial charge in [-0.15, -0.1) is 0 Å². The predicted octanol–water partition coefficient (Wildman–Crippen LogP) is 3.89. The highest BCUT2D eigenvalue weighted by Crippen LogP contribution is 2.51. The molecule has 1 saturated heterocycles. The van der Waals surface area contributed by atoms with Crippen LogP contribution in [0, 0.1) is 5.92 Å². The van der Waals surface area contributed by atoms with Gasteiger partial charge >= 0.3 is 18.2 Å². The number of carboxylic acids is 1. The average Bonchev–Trinajstić information content (AvgIpc) is 3.51. The summed E-state index contributed by atoms with van der Waals surface area (Å²) in [4.78, 5) is 67.0. The highest BCUT2D eigenvalue weighted by Gasteiger charge is 2.68. The number of halogens is 1. The van der Waals surface area contributed by atoms with Gasteiger partial charge in [-0.05, 0) is 70.7 Å². The zero-order valence-corrected chi connectivity index (χ0v) is 28.1. The number of nitrogens with zero attached hydrogens (tertiary/aromatic N) is 2. The number of nitrogens with one attached hydrogen (secondary N) is 1. The summed E-state index contributed by atoms with van der Waals surface area (Å²) in [5, 5.41) is 22.9. The highest BCUT2D eigenvalue weighted by molar-refractivity contribution is 9.10. The zero-order valence-electron chi connectivity index (χ0n) is 25.7. The molecule has 0 spiro atoms. The number of carboxylic acid groups (broad SMARTS) is 2. The first-order chi connectivity index (χ1) is 21.5. The van der Waals surface area contributed by atoms with Crippen molar-refractivity contribution in [3.05, 3.63) is 40.9 Å². The number of rotatable bonds is 5. The second-order valence-corrected chi connectivity index (χ2v) is 15.1. The fourth-order valence-electron chi connectivity index (χ4n) is 5.85. The maximum Gasteiger partial charge on any atom is 0.415 e. The van der Waals surface area contributed by atoms with E-state index < -0.39 is 88.3 Å². The molecule has 14 nitrogen and oxygen atoms in total. The Morgan fingerprint density at radius 1 is 1.04 bits per heavy atom. The third-order valence-electron chi connectivity index (χ3n) is 8.08. The minimum Gasteiger partial charge on any atom is -0.479 e. The van der Waals surface area contributed by atoms with Gasteiger partial charge in [0, 0.05) is 23.4 Å². The summed E-state index contributed by atoms with van der Waals surface area (Å²) in [6, 6.07) is 2.76. The van der Waals surface area contributed by atoms with Gasteiger partial charge in [0.1, 0.15) is 17.7 Å². The number of hydrogen-bond acceptors (Lipinski definition) is 9. The van der Waals surface area contributed by atoms with Gasteiger partial charge in [-0.2, -0.15) is 8.42 Å². The monoisotopic (exact) mass is 727 g/mol. The molecule has 0 unspecified atom stereocenters. The van der Waals surface area contributed by atoms with E-state index in [9.17, 15) is 42.6 Å². The van der Waals surface area contributed by atoms with Crippen LogP contribution in [0.2, 0.25) is 0 Å². The molecule has 46 heavy (non-hydrogen) atoms. The van der Waals surface area contributed by atoms with E-state index in [4.69, 9.17) is 8.92 Å². The summed E-state index contributed by atoms with van der Waals surface area (Å²) in [6.07, 6.45) is 1.27. The third-order valence-corrected chi connectivity index (χ3v) is 9.99. The first-order valence-corrected chi connectivity index (χ1v) is 17.1. The van der Waals surface area contributed by atoms with Crippen molar-refractivity contribution in [2.24, 2.45) is 5.92 Å². The van der Waals surface area contributed by atoms with Gasteiger partial charge in [0.15, 0.2) is 5.54 Å². The highest BCUT2D eigenvalue weighted by atomic mass is 79.9. The fourth-order valence-corrected chi connectivity index (χ4v) is 7.19. The van der Waals surface area contributed by atoms with Crippen molar-refractivity contribution >= 4 is 56.0 Å². The molecule has 1 aromatic carbocycles. The number of imide groups is 1. The van der Waals surface area contributed by atoms with Crippen LogP contribution in [0.15, 0.2) is 45.8 Å². The summed E-state index contributed by atoms with van der Waals surface area (Å²) in [6.45, 7) is 4.48. The minimum atomic E-state index is -4.40. The standard InChI is InChI=1S/C30H38BrN3O11S/c1-29(2,3)44-27(39)32-22-10-8-6-4-5-7-9-18-16-30(18,26(37)38)34(28(40)41)25(36)23-15-20(17-33(23)24(22)35)45-46(42,43)21-13-11-19(31)12-14-21/h7,9,11-14,18,20,22-23H,4-6,8,10,15-17H2,1-3H3,(H,32,39)(H,37,38)(H,40,41)/t18-,20+,22+,23+,30-/m1/s1. The van der Waals surface area contributed by atoms with E-state index in [0.29, 0.717) is 30.2 Å². The van der Waals surface area contributed by atoms with Gasteiger partial charge in [0.05, 0.1) is 11.0 Å². The largest absolute Gasteiger partial charge is 0.479 e. The maximum absolute atomic E-state index is 14.1. The Balaban J connectivity index is 1.73. The number of aliphatic carboxylic acids is 1. The molecule has 252 valence electrons. The number of hydrogen-bond donors (Lipinski definition) is 3. The van der Waals surface area contributed by atoms with Crippen LogP contribution in [-0.4, -0.2) is 94.3 Å². The molecule has 1 aromatic rings. The lowest BCUT2D eigenvalue weighted by Gasteiger charge is -2.33. The molecule has 1 aliphatic carbocycles. The Bertz CT molecular complexity index is 1510. The van der Waals surface area contributed by atoms with Crippen molar-refractivity contribution in [1.82, 2.24) is 15.1 Å². The van der Waals surface area contributed by atoms with Crippen LogP contribution in [0.4, 0.5) is 9.59 Å². The maximum atomic E-state index is 14.1. The Morgan fingerprint density at radius 3 is 2.33 bits per heavy atom. The summed E-state index contributed by atoms with van der Waals surface area (Å²) >= 11 is 3.23. The number of alkyl carbamates (subject to hydrolysis) is 1. The lowest BCUT2D eigenvalue weighted by Crippen LogP contribution is -2.59. The molecule has 5 atom stereocenters. The van der Waals surface area contributed by atoms with Crippen molar-refractivity contribution in [3.63, 3.8) is 0 Å². The molecule has 2 aliphatic heterocycles. The molecule has 16 heteroatoms. The van der Waals surface area contributed by atoms with Gasteiger partial charge in [-0.3, -0.25) is 13.8 Å². The minimum absolute atomic E-state index is 0.145. The number of amides is 4. The van der Waals surface area contributed by atoms with Gasteiger partial charge in [-0.25, -0.2) is 19.3 Å². The molecule has 0 bridgehead atoms. The summed E-state index contributed by atoms with van der Waals surface area (Å²) in [5.41, 5.74) is -2.98. The first kappa shape index (κ1) is 35.4. The first-order valence-electron chi connectivity index (χ1n) is 14.9. The Labute approximate surface area is 275 Å². The third kappa shape index (κ3) is 7.89. The summed E-state index contributed by atoms with van der Waals surface area (Å²) < 4.78 is 37.7. The van der Waals surface area contributed by atoms with Crippen molar-refractivity contribution in [1.29, 1.82) is 0 Å². The van der Waals surface area contributed by atoms with Crippen LogP contribution in [0.5, 0.6) is 0 Å². The van der Waals surface area contributed by atoms with Crippen molar-refractivity contribution in [3.8, 4) is 0 Å². The Morgan fingerprint density at radius 2 is 1.72 bits per heavy atom. The fraction of sp³-hybridized carbons (Fsp3) is 0.567. The van der Waals surface area contributed by atoms with E-state index in [-0.39, 0.29) is 22.6 Å². The second kappa shape index (κ2) is 13.7. The zero-order chi connectivity index (χ0) is 34.0. The van der Waals surface area contributed by atoms with Crippen LogP contribution in [0.1, 0.15) is 65.7 Å². The quantitative estimate of drug-likeness (QED) is 0.294. The molecule has 4 rings (SSSR count). The molecule has 2 fully saturated rings. The second-order valence-electron chi connectivity index (χ2n) is 12.6. The summed E-state index contributed by atoms with van der Waals surface area (Å²) in [7, 11) is -4.40. The summed E-state index contributed by atoms with van der Waals surface area (Å²) in [5.74, 6) is -4.30. The number of allylic oxidation sites excluding steroid dienone is 1. The molecule has 2 heterocycles. The SMILES string of the molecule is CC(C)(C)OC(=O)N[C@H]1CCCCCC=C[C@@H]2C[C@@]2(C(=O)O)N(C(=O)O)C(=O)[C@@H]2C[C@H](OS(=O)(=O)c3ccc(Br)cc3)CN2C1=O. The van der Waals surface area contributed by atoms with E-state index >= 15 is 0 Å². The van der Waals surface area contributed by atoms with Crippen LogP contribution in [-0.2, 0) is 33.4 Å². The smallest absolute Gasteiger partial charge is 0.415 e. The molecule has 3 aliphatic rings. The number of ether oxygens (including phenoxy) is 1. The van der Waals surface area contributed by atoms with Crippen molar-refractivity contribution < 1.29 is 51.5 Å². The lowest BCUT2D eigenvalue weighted by molar-refractivity contribution is -0.154. The van der Waals surface area contributed by atoms with Gasteiger partial charge in [-0.1, -0.05) is 40.9 Å². The molecule has 3 N–H and O–H groups in total. The molecule has 1 saturated carbocycles. The molecular formula is C30H38BrN3O11S. The molecule has 4 amide bonds. The van der Waals surface area contributed by atoms with Crippen LogP contribution in [0.3, 0.4) is 0 Å². The van der Waals surface area contributed by atoms with Crippen LogP contribution < -0.4 is 5.32 Å². The van der Waals surface area contributed by atoms with E-state index in [2.05, 4.69) is 21.2 Å². The van der Waals surface area contributed by atoms with Gasteiger partial charge < -0.3 is 25.2 Å². The molecule has 0 radical (unpaired) electrons. The van der Waals surface area contributed by atoms with Crippen LogP contribution >= 0.6 is 15.9 Å². The van der Waals surface area contributed by atoms with Gasteiger partial charge in [0.25, 0.3) is 16.0 Å².